The Morgan fingerprint density at radius 1 is 1.32 bits per heavy atom. The quantitative estimate of drug-likeness (QED) is 0.935. The Morgan fingerprint density at radius 2 is 2.20 bits per heavy atom. The maximum absolute atomic E-state index is 12.8. The highest BCUT2D eigenvalue weighted by Crippen LogP contribution is 2.49. The van der Waals surface area contributed by atoms with Crippen molar-refractivity contribution in [3.8, 4) is 11.4 Å². The van der Waals surface area contributed by atoms with Gasteiger partial charge < -0.3 is 10.1 Å². The standard InChI is InChI=1S/C20H23N3O2/c1-12(15-9-13-6-7-14(15)8-13)22-20(24)19-17-10-25-18-5-3-2-4-16(18)23(17)11-21-19/h2-5,11-15H,6-10H2,1H3,(H,22,24). The Labute approximate surface area is 147 Å². The number of carbonyl (C=O) groups is 1. The molecule has 1 aliphatic heterocycles. The summed E-state index contributed by atoms with van der Waals surface area (Å²) >= 11 is 0. The lowest BCUT2D eigenvalue weighted by molar-refractivity contribution is 0.0907. The topological polar surface area (TPSA) is 56.2 Å². The van der Waals surface area contributed by atoms with Crippen LogP contribution in [-0.4, -0.2) is 21.5 Å². The maximum atomic E-state index is 12.8. The van der Waals surface area contributed by atoms with Crippen molar-refractivity contribution in [1.29, 1.82) is 0 Å². The second kappa shape index (κ2) is 5.61. The summed E-state index contributed by atoms with van der Waals surface area (Å²) in [6, 6.07) is 8.05. The van der Waals surface area contributed by atoms with Crippen LogP contribution in [0.15, 0.2) is 30.6 Å². The number of carbonyl (C=O) groups excluding carboxylic acids is 1. The van der Waals surface area contributed by atoms with E-state index in [0.29, 0.717) is 18.2 Å². The maximum Gasteiger partial charge on any atom is 0.272 e. The molecule has 2 aliphatic carbocycles. The van der Waals surface area contributed by atoms with Gasteiger partial charge in [-0.25, -0.2) is 4.98 Å². The fraction of sp³-hybridized carbons (Fsp3) is 0.500. The molecule has 130 valence electrons. The Hall–Kier alpha value is -2.30. The fourth-order valence-electron chi connectivity index (χ4n) is 5.12. The molecular weight excluding hydrogens is 314 g/mol. The Balaban J connectivity index is 1.36. The smallest absolute Gasteiger partial charge is 0.272 e. The van der Waals surface area contributed by atoms with Crippen LogP contribution in [0.4, 0.5) is 0 Å². The van der Waals surface area contributed by atoms with Crippen LogP contribution in [0.25, 0.3) is 5.69 Å². The first kappa shape index (κ1) is 15.0. The molecule has 5 heteroatoms. The molecule has 2 saturated carbocycles. The molecule has 1 N–H and O–H groups in total. The lowest BCUT2D eigenvalue weighted by Gasteiger charge is -2.28. The van der Waals surface area contributed by atoms with Crippen molar-refractivity contribution < 1.29 is 9.53 Å². The second-order valence-electron chi connectivity index (χ2n) is 7.77. The van der Waals surface area contributed by atoms with Crippen molar-refractivity contribution in [2.24, 2.45) is 17.8 Å². The minimum Gasteiger partial charge on any atom is -0.485 e. The summed E-state index contributed by atoms with van der Waals surface area (Å²) in [6.07, 6.45) is 7.07. The van der Waals surface area contributed by atoms with Gasteiger partial charge in [-0.1, -0.05) is 18.6 Å². The fourth-order valence-corrected chi connectivity index (χ4v) is 5.12. The molecule has 1 aromatic carbocycles. The molecule has 5 rings (SSSR count). The molecule has 2 heterocycles. The number of ether oxygens (including phenoxy) is 1. The first-order chi connectivity index (χ1) is 12.2. The summed E-state index contributed by atoms with van der Waals surface area (Å²) in [4.78, 5) is 17.2. The van der Waals surface area contributed by atoms with Crippen LogP contribution in [-0.2, 0) is 6.61 Å². The van der Waals surface area contributed by atoms with Gasteiger partial charge in [-0.15, -0.1) is 0 Å². The van der Waals surface area contributed by atoms with E-state index in [4.69, 9.17) is 4.74 Å². The largest absolute Gasteiger partial charge is 0.485 e. The molecule has 2 aromatic rings. The van der Waals surface area contributed by atoms with E-state index in [-0.39, 0.29) is 11.9 Å². The summed E-state index contributed by atoms with van der Waals surface area (Å²) in [5.41, 5.74) is 2.26. The molecule has 2 fully saturated rings. The van der Waals surface area contributed by atoms with Gasteiger partial charge in [0.15, 0.2) is 5.69 Å². The number of benzene rings is 1. The van der Waals surface area contributed by atoms with Crippen molar-refractivity contribution in [2.75, 3.05) is 0 Å². The minimum atomic E-state index is -0.0768. The highest BCUT2D eigenvalue weighted by molar-refractivity contribution is 5.94. The second-order valence-corrected chi connectivity index (χ2v) is 7.77. The molecule has 25 heavy (non-hydrogen) atoms. The number of para-hydroxylation sites is 2. The van der Waals surface area contributed by atoms with Crippen molar-refractivity contribution in [3.05, 3.63) is 42.0 Å². The number of nitrogens with zero attached hydrogens (tertiary/aromatic N) is 2. The third-order valence-corrected chi connectivity index (χ3v) is 6.36. The van der Waals surface area contributed by atoms with E-state index >= 15 is 0 Å². The van der Waals surface area contributed by atoms with Crippen molar-refractivity contribution in [3.63, 3.8) is 0 Å². The third-order valence-electron chi connectivity index (χ3n) is 6.36. The van der Waals surface area contributed by atoms with E-state index in [0.717, 1.165) is 29.0 Å². The highest BCUT2D eigenvalue weighted by Gasteiger charge is 2.42. The summed E-state index contributed by atoms with van der Waals surface area (Å²) in [5, 5.41) is 3.21. The number of fused-ring (bicyclic) bond motifs is 5. The number of hydrogen-bond acceptors (Lipinski definition) is 3. The highest BCUT2D eigenvalue weighted by atomic mass is 16.5. The van der Waals surface area contributed by atoms with Gasteiger partial charge in [0.1, 0.15) is 18.7 Å². The van der Waals surface area contributed by atoms with Crippen LogP contribution in [0.1, 0.15) is 48.8 Å². The summed E-state index contributed by atoms with van der Waals surface area (Å²) in [6.45, 7) is 2.53. The van der Waals surface area contributed by atoms with Crippen molar-refractivity contribution in [1.82, 2.24) is 14.9 Å². The molecule has 4 atom stereocenters. The summed E-state index contributed by atoms with van der Waals surface area (Å²) in [7, 11) is 0. The number of nitrogens with one attached hydrogen (secondary N) is 1. The average Bonchev–Trinajstić information content (AvgIpc) is 3.36. The van der Waals surface area contributed by atoms with Crippen LogP contribution in [0.3, 0.4) is 0 Å². The van der Waals surface area contributed by atoms with Gasteiger partial charge in [0.25, 0.3) is 5.91 Å². The predicted octanol–water partition coefficient (Wildman–Crippen LogP) is 3.32. The normalized spacial score (nSPS) is 27.3. The number of amides is 1. The zero-order chi connectivity index (χ0) is 17.0. The summed E-state index contributed by atoms with van der Waals surface area (Å²) in [5.74, 6) is 3.06. The first-order valence-corrected chi connectivity index (χ1v) is 9.30. The molecule has 0 radical (unpaired) electrons. The SMILES string of the molecule is CC(NC(=O)c1ncn2c1COc1ccccc1-2)C1CC2CCC1C2. The zero-order valence-electron chi connectivity index (χ0n) is 14.4. The molecule has 1 amide bonds. The van der Waals surface area contributed by atoms with Gasteiger partial charge in [-0.05, 0) is 56.1 Å². The summed E-state index contributed by atoms with van der Waals surface area (Å²) < 4.78 is 7.77. The van der Waals surface area contributed by atoms with E-state index in [1.54, 1.807) is 6.33 Å². The van der Waals surface area contributed by atoms with Gasteiger partial charge in [0.2, 0.25) is 0 Å². The number of hydrogen-bond donors (Lipinski definition) is 1. The van der Waals surface area contributed by atoms with E-state index in [1.165, 1.54) is 25.7 Å². The van der Waals surface area contributed by atoms with Crippen molar-refractivity contribution in [2.45, 2.75) is 45.3 Å². The zero-order valence-corrected chi connectivity index (χ0v) is 14.4. The molecule has 3 aliphatic rings. The van der Waals surface area contributed by atoms with Crippen molar-refractivity contribution >= 4 is 5.91 Å². The third kappa shape index (κ3) is 2.36. The van der Waals surface area contributed by atoms with E-state index in [1.807, 2.05) is 28.8 Å². The molecule has 1 aromatic heterocycles. The Morgan fingerprint density at radius 3 is 3.00 bits per heavy atom. The van der Waals surface area contributed by atoms with Crippen LogP contribution in [0.2, 0.25) is 0 Å². The van der Waals surface area contributed by atoms with Crippen LogP contribution in [0, 0.1) is 17.8 Å². The molecule has 0 saturated heterocycles. The molecular formula is C20H23N3O2. The predicted molar refractivity (Wildman–Crippen MR) is 93.8 cm³/mol. The van der Waals surface area contributed by atoms with E-state index < -0.39 is 0 Å². The number of aromatic nitrogens is 2. The van der Waals surface area contributed by atoms with Gasteiger partial charge >= 0.3 is 0 Å². The van der Waals surface area contributed by atoms with Crippen LogP contribution < -0.4 is 10.1 Å². The number of imidazole rings is 1. The van der Waals surface area contributed by atoms with Gasteiger partial charge in [0, 0.05) is 6.04 Å². The van der Waals surface area contributed by atoms with Gasteiger partial charge in [-0.2, -0.15) is 0 Å². The number of rotatable bonds is 3. The molecule has 5 nitrogen and oxygen atoms in total. The van der Waals surface area contributed by atoms with Crippen LogP contribution >= 0.6 is 0 Å². The average molecular weight is 337 g/mol. The monoisotopic (exact) mass is 337 g/mol. The Bertz CT molecular complexity index is 828. The van der Waals surface area contributed by atoms with Gasteiger partial charge in [-0.3, -0.25) is 9.36 Å². The van der Waals surface area contributed by atoms with E-state index in [2.05, 4.69) is 17.2 Å². The molecule has 0 spiro atoms. The lowest BCUT2D eigenvalue weighted by atomic mass is 9.84. The molecule has 2 bridgehead atoms. The van der Waals surface area contributed by atoms with Gasteiger partial charge in [0.05, 0.1) is 11.4 Å². The molecule has 4 unspecified atom stereocenters. The minimum absolute atomic E-state index is 0.0768. The lowest BCUT2D eigenvalue weighted by Crippen LogP contribution is -2.40. The Kier molecular flexibility index (Phi) is 3.37. The van der Waals surface area contributed by atoms with Crippen LogP contribution in [0.5, 0.6) is 5.75 Å². The van der Waals surface area contributed by atoms with E-state index in [9.17, 15) is 4.79 Å². The first-order valence-electron chi connectivity index (χ1n) is 9.30.